The third kappa shape index (κ3) is 2.14. The lowest BCUT2D eigenvalue weighted by Crippen LogP contribution is -1.97. The van der Waals surface area contributed by atoms with E-state index >= 15 is 0 Å². The normalized spacial score (nSPS) is 10.7. The maximum atomic E-state index is 13.6. The molecular weight excluding hydrogens is 255 g/mol. The molecule has 20 heavy (non-hydrogen) atoms. The summed E-state index contributed by atoms with van der Waals surface area (Å²) in [4.78, 5) is 4.20. The van der Waals surface area contributed by atoms with Crippen LogP contribution >= 0.6 is 0 Å². The standard InChI is InChI=1S/C15H13FN4/c1-10-5-6-11(8-12(10)16)15-13(17)9-20(19-15)14-4-2-3-7-18-14/h2-9H,17H2,1H3. The topological polar surface area (TPSA) is 56.7 Å². The highest BCUT2D eigenvalue weighted by Gasteiger charge is 2.11. The van der Waals surface area contributed by atoms with Gasteiger partial charge < -0.3 is 5.73 Å². The molecule has 0 fully saturated rings. The fourth-order valence-electron chi connectivity index (χ4n) is 1.96. The Hall–Kier alpha value is -2.69. The lowest BCUT2D eigenvalue weighted by Gasteiger charge is -2.01. The van der Waals surface area contributed by atoms with Crippen LogP contribution < -0.4 is 5.73 Å². The first-order valence-electron chi connectivity index (χ1n) is 6.18. The molecular formula is C15H13FN4. The number of rotatable bonds is 2. The van der Waals surface area contributed by atoms with Gasteiger partial charge in [0, 0.05) is 11.8 Å². The van der Waals surface area contributed by atoms with Crippen LogP contribution in [0.3, 0.4) is 0 Å². The first kappa shape index (κ1) is 12.3. The molecule has 1 aromatic carbocycles. The smallest absolute Gasteiger partial charge is 0.153 e. The molecule has 2 aromatic heterocycles. The number of nitrogen functional groups attached to an aromatic ring is 1. The summed E-state index contributed by atoms with van der Waals surface area (Å²) < 4.78 is 15.2. The van der Waals surface area contributed by atoms with Crippen molar-refractivity contribution in [3.8, 4) is 17.1 Å². The van der Waals surface area contributed by atoms with Gasteiger partial charge in [-0.3, -0.25) is 0 Å². The largest absolute Gasteiger partial charge is 0.396 e. The van der Waals surface area contributed by atoms with E-state index in [0.29, 0.717) is 28.3 Å². The minimum atomic E-state index is -0.269. The molecule has 0 aliphatic carbocycles. The average molecular weight is 268 g/mol. The van der Waals surface area contributed by atoms with Crippen LogP contribution in [0.25, 0.3) is 17.1 Å². The van der Waals surface area contributed by atoms with Crippen LogP contribution in [0.15, 0.2) is 48.8 Å². The Morgan fingerprint density at radius 1 is 1.20 bits per heavy atom. The fourth-order valence-corrected chi connectivity index (χ4v) is 1.96. The Kier molecular flexibility index (Phi) is 2.95. The van der Waals surface area contributed by atoms with E-state index in [0.717, 1.165) is 0 Å². The van der Waals surface area contributed by atoms with Crippen molar-refractivity contribution in [2.75, 3.05) is 5.73 Å². The molecule has 2 heterocycles. The zero-order valence-electron chi connectivity index (χ0n) is 10.9. The van der Waals surface area contributed by atoms with Crippen LogP contribution in [0.4, 0.5) is 10.1 Å². The Labute approximate surface area is 115 Å². The first-order chi connectivity index (χ1) is 9.65. The van der Waals surface area contributed by atoms with Gasteiger partial charge in [0.2, 0.25) is 0 Å². The zero-order chi connectivity index (χ0) is 14.1. The van der Waals surface area contributed by atoms with Crippen LogP contribution in [0, 0.1) is 12.7 Å². The highest BCUT2D eigenvalue weighted by atomic mass is 19.1. The molecule has 0 saturated carbocycles. The van der Waals surface area contributed by atoms with Crippen LogP contribution in [-0.4, -0.2) is 14.8 Å². The van der Waals surface area contributed by atoms with E-state index in [1.807, 2.05) is 18.2 Å². The summed E-state index contributed by atoms with van der Waals surface area (Å²) >= 11 is 0. The third-order valence-corrected chi connectivity index (χ3v) is 3.07. The van der Waals surface area contributed by atoms with Crippen molar-refractivity contribution in [1.82, 2.24) is 14.8 Å². The van der Waals surface area contributed by atoms with E-state index in [2.05, 4.69) is 10.1 Å². The van der Waals surface area contributed by atoms with Gasteiger partial charge >= 0.3 is 0 Å². The van der Waals surface area contributed by atoms with Crippen molar-refractivity contribution in [2.24, 2.45) is 0 Å². The number of hydrogen-bond donors (Lipinski definition) is 1. The Balaban J connectivity index is 2.07. The Morgan fingerprint density at radius 2 is 2.05 bits per heavy atom. The Morgan fingerprint density at radius 3 is 2.75 bits per heavy atom. The van der Waals surface area contributed by atoms with Gasteiger partial charge in [0.1, 0.15) is 11.5 Å². The summed E-state index contributed by atoms with van der Waals surface area (Å²) in [5.41, 5.74) is 8.25. The maximum absolute atomic E-state index is 13.6. The van der Waals surface area contributed by atoms with E-state index in [-0.39, 0.29) is 5.82 Å². The lowest BCUT2D eigenvalue weighted by atomic mass is 10.1. The summed E-state index contributed by atoms with van der Waals surface area (Å²) in [5, 5.41) is 4.38. The predicted molar refractivity (Wildman–Crippen MR) is 75.9 cm³/mol. The molecule has 0 saturated heterocycles. The van der Waals surface area contributed by atoms with Crippen molar-refractivity contribution in [2.45, 2.75) is 6.92 Å². The number of anilines is 1. The molecule has 0 aliphatic rings. The van der Waals surface area contributed by atoms with Gasteiger partial charge in [-0.2, -0.15) is 5.10 Å². The number of benzene rings is 1. The van der Waals surface area contributed by atoms with E-state index in [1.54, 1.807) is 36.1 Å². The van der Waals surface area contributed by atoms with Gasteiger partial charge in [-0.15, -0.1) is 0 Å². The van der Waals surface area contributed by atoms with Crippen molar-refractivity contribution < 1.29 is 4.39 Å². The highest BCUT2D eigenvalue weighted by Crippen LogP contribution is 2.26. The number of aromatic nitrogens is 3. The molecule has 0 bridgehead atoms. The average Bonchev–Trinajstić information content (AvgIpc) is 2.85. The highest BCUT2D eigenvalue weighted by molar-refractivity contribution is 5.72. The summed E-state index contributed by atoms with van der Waals surface area (Å²) in [6.45, 7) is 1.72. The van der Waals surface area contributed by atoms with Gasteiger partial charge in [-0.25, -0.2) is 14.1 Å². The summed E-state index contributed by atoms with van der Waals surface area (Å²) in [7, 11) is 0. The van der Waals surface area contributed by atoms with Crippen molar-refractivity contribution in [3.05, 3.63) is 60.2 Å². The minimum Gasteiger partial charge on any atom is -0.396 e. The van der Waals surface area contributed by atoms with Crippen LogP contribution in [-0.2, 0) is 0 Å². The molecule has 100 valence electrons. The molecule has 0 unspecified atom stereocenters. The molecule has 0 aliphatic heterocycles. The predicted octanol–water partition coefficient (Wildman–Crippen LogP) is 2.96. The fraction of sp³-hybridized carbons (Fsp3) is 0.0667. The van der Waals surface area contributed by atoms with E-state index in [1.165, 1.54) is 6.07 Å². The van der Waals surface area contributed by atoms with Gasteiger partial charge in [0.25, 0.3) is 0 Å². The summed E-state index contributed by atoms with van der Waals surface area (Å²) in [5.74, 6) is 0.396. The van der Waals surface area contributed by atoms with Crippen LogP contribution in [0.5, 0.6) is 0 Å². The van der Waals surface area contributed by atoms with Crippen molar-refractivity contribution >= 4 is 5.69 Å². The monoisotopic (exact) mass is 268 g/mol. The molecule has 3 aromatic rings. The SMILES string of the molecule is Cc1ccc(-c2nn(-c3ccccn3)cc2N)cc1F. The quantitative estimate of drug-likeness (QED) is 0.777. The minimum absolute atomic E-state index is 0.269. The molecule has 4 nitrogen and oxygen atoms in total. The number of nitrogens with two attached hydrogens (primary N) is 1. The van der Waals surface area contributed by atoms with E-state index in [9.17, 15) is 4.39 Å². The number of hydrogen-bond acceptors (Lipinski definition) is 3. The molecule has 5 heteroatoms. The van der Waals surface area contributed by atoms with Gasteiger partial charge in [0.05, 0.1) is 11.9 Å². The second-order valence-electron chi connectivity index (χ2n) is 4.53. The van der Waals surface area contributed by atoms with Crippen LogP contribution in [0.2, 0.25) is 0 Å². The van der Waals surface area contributed by atoms with Crippen molar-refractivity contribution in [3.63, 3.8) is 0 Å². The molecule has 2 N–H and O–H groups in total. The lowest BCUT2D eigenvalue weighted by molar-refractivity contribution is 0.619. The summed E-state index contributed by atoms with van der Waals surface area (Å²) in [6.07, 6.45) is 3.36. The number of nitrogens with zero attached hydrogens (tertiary/aromatic N) is 3. The van der Waals surface area contributed by atoms with Gasteiger partial charge in [-0.05, 0) is 30.7 Å². The molecule has 0 radical (unpaired) electrons. The second kappa shape index (κ2) is 4.77. The first-order valence-corrected chi connectivity index (χ1v) is 6.18. The Bertz CT molecular complexity index is 750. The zero-order valence-corrected chi connectivity index (χ0v) is 10.9. The number of aryl methyl sites for hydroxylation is 1. The number of pyridine rings is 1. The van der Waals surface area contributed by atoms with Gasteiger partial charge in [0.15, 0.2) is 5.82 Å². The molecule has 0 atom stereocenters. The van der Waals surface area contributed by atoms with E-state index < -0.39 is 0 Å². The van der Waals surface area contributed by atoms with Gasteiger partial charge in [-0.1, -0.05) is 18.2 Å². The molecule has 0 spiro atoms. The van der Waals surface area contributed by atoms with E-state index in [4.69, 9.17) is 5.73 Å². The second-order valence-corrected chi connectivity index (χ2v) is 4.53. The maximum Gasteiger partial charge on any atom is 0.153 e. The summed E-state index contributed by atoms with van der Waals surface area (Å²) in [6, 6.07) is 10.5. The van der Waals surface area contributed by atoms with Crippen LogP contribution in [0.1, 0.15) is 5.56 Å². The molecule has 3 rings (SSSR count). The third-order valence-electron chi connectivity index (χ3n) is 3.07. The number of halogens is 1. The van der Waals surface area contributed by atoms with Crippen molar-refractivity contribution in [1.29, 1.82) is 0 Å². The molecule has 0 amide bonds.